The Balaban J connectivity index is 2.23. The summed E-state index contributed by atoms with van der Waals surface area (Å²) in [6.07, 6.45) is 7.29. The smallest absolute Gasteiger partial charge is 0.309 e. The van der Waals surface area contributed by atoms with E-state index < -0.39 is 0 Å². The van der Waals surface area contributed by atoms with Crippen molar-refractivity contribution in [2.24, 2.45) is 11.8 Å². The number of esters is 1. The third-order valence-corrected chi connectivity index (χ3v) is 2.88. The van der Waals surface area contributed by atoms with Gasteiger partial charge in [0.2, 0.25) is 0 Å². The minimum atomic E-state index is 0.0168. The zero-order valence-electron chi connectivity index (χ0n) is 7.32. The van der Waals surface area contributed by atoms with Gasteiger partial charge in [-0.1, -0.05) is 13.0 Å². The molecule has 0 spiro atoms. The average Bonchev–Trinajstić information content (AvgIpc) is 2.00. The van der Waals surface area contributed by atoms with Crippen molar-refractivity contribution in [3.05, 3.63) is 12.2 Å². The van der Waals surface area contributed by atoms with Crippen LogP contribution >= 0.6 is 0 Å². The van der Waals surface area contributed by atoms with Gasteiger partial charge in [-0.3, -0.25) is 4.79 Å². The number of ether oxygens (including phenoxy) is 1. The summed E-state index contributed by atoms with van der Waals surface area (Å²) < 4.78 is 5.23. The van der Waals surface area contributed by atoms with E-state index in [0.717, 1.165) is 19.3 Å². The van der Waals surface area contributed by atoms with Crippen LogP contribution in [0.15, 0.2) is 12.2 Å². The maximum Gasteiger partial charge on any atom is 0.309 e. The van der Waals surface area contributed by atoms with Crippen LogP contribution < -0.4 is 0 Å². The Morgan fingerprint density at radius 3 is 3.08 bits per heavy atom. The van der Waals surface area contributed by atoms with Crippen LogP contribution in [0.2, 0.25) is 0 Å². The molecule has 0 radical (unpaired) electrons. The van der Waals surface area contributed by atoms with Gasteiger partial charge in [-0.15, -0.1) is 0 Å². The first kappa shape index (κ1) is 7.84. The van der Waals surface area contributed by atoms with E-state index in [1.54, 1.807) is 0 Å². The molecule has 0 unspecified atom stereocenters. The molecule has 1 fully saturated rings. The molecule has 66 valence electrons. The zero-order chi connectivity index (χ0) is 8.55. The summed E-state index contributed by atoms with van der Waals surface area (Å²) >= 11 is 0. The fraction of sp³-hybridized carbons (Fsp3) is 0.700. The molecular formula is C10H14O2. The molecule has 1 saturated heterocycles. The predicted molar refractivity (Wildman–Crippen MR) is 45.5 cm³/mol. The number of hydrogen-bond donors (Lipinski definition) is 0. The molecule has 3 atom stereocenters. The number of hydrogen-bond acceptors (Lipinski definition) is 2. The Bertz CT molecular complexity index is 220. The highest BCUT2D eigenvalue weighted by Gasteiger charge is 2.33. The van der Waals surface area contributed by atoms with E-state index >= 15 is 0 Å². The largest absolute Gasteiger partial charge is 0.458 e. The number of carbonyl (C=O) groups excluding carboxylic acids is 1. The van der Waals surface area contributed by atoms with Crippen molar-refractivity contribution in [1.82, 2.24) is 0 Å². The molecule has 2 heterocycles. The van der Waals surface area contributed by atoms with Crippen LogP contribution in [0.25, 0.3) is 0 Å². The molecular weight excluding hydrogens is 152 g/mol. The summed E-state index contributed by atoms with van der Waals surface area (Å²) in [5, 5.41) is 0. The summed E-state index contributed by atoms with van der Waals surface area (Å²) in [5.41, 5.74) is 0. The molecule has 2 heteroatoms. The van der Waals surface area contributed by atoms with Crippen molar-refractivity contribution in [3.8, 4) is 0 Å². The summed E-state index contributed by atoms with van der Waals surface area (Å²) in [6.45, 7) is 2.13. The second-order valence-corrected chi connectivity index (χ2v) is 3.80. The molecule has 0 aromatic carbocycles. The van der Waals surface area contributed by atoms with Crippen molar-refractivity contribution in [2.45, 2.75) is 32.3 Å². The van der Waals surface area contributed by atoms with Crippen molar-refractivity contribution in [3.63, 3.8) is 0 Å². The van der Waals surface area contributed by atoms with E-state index in [9.17, 15) is 4.79 Å². The molecule has 3 aliphatic rings. The molecule has 1 aliphatic carbocycles. The quantitative estimate of drug-likeness (QED) is 0.406. The molecule has 0 aromatic rings. The minimum Gasteiger partial charge on any atom is -0.458 e. The monoisotopic (exact) mass is 166 g/mol. The molecule has 0 N–H and O–H groups in total. The third-order valence-electron chi connectivity index (χ3n) is 2.88. The molecule has 12 heavy (non-hydrogen) atoms. The van der Waals surface area contributed by atoms with Gasteiger partial charge in [0, 0.05) is 0 Å². The first-order valence-electron chi connectivity index (χ1n) is 4.64. The van der Waals surface area contributed by atoms with Gasteiger partial charge in [-0.2, -0.15) is 0 Å². The highest BCUT2D eigenvalue weighted by Crippen LogP contribution is 2.31. The van der Waals surface area contributed by atoms with Gasteiger partial charge < -0.3 is 4.74 Å². The summed E-state index contributed by atoms with van der Waals surface area (Å²) in [7, 11) is 0. The minimum absolute atomic E-state index is 0.0168. The second kappa shape index (κ2) is 2.92. The Morgan fingerprint density at radius 1 is 1.50 bits per heavy atom. The summed E-state index contributed by atoms with van der Waals surface area (Å²) in [4.78, 5) is 11.4. The standard InChI is InChI=1S/C10H14O2/c1-7-3-2-4-8-5-6-9(7)10(11)12-8/h2,4,7-9H,3,5-6H2,1H3/b4-2-/t7-,8-,9-/m0/s1. The van der Waals surface area contributed by atoms with Crippen molar-refractivity contribution < 1.29 is 9.53 Å². The first-order valence-corrected chi connectivity index (χ1v) is 4.64. The Hall–Kier alpha value is -0.790. The third kappa shape index (κ3) is 1.26. The SMILES string of the molecule is C[C@H]1C/C=C\[C@H]2CC[C@@H]1C(=O)O2. The van der Waals surface area contributed by atoms with Gasteiger partial charge in [0.1, 0.15) is 6.10 Å². The topological polar surface area (TPSA) is 26.3 Å². The van der Waals surface area contributed by atoms with Crippen molar-refractivity contribution >= 4 is 5.97 Å². The predicted octanol–water partition coefficient (Wildman–Crippen LogP) is 1.90. The van der Waals surface area contributed by atoms with E-state index in [1.807, 2.05) is 6.08 Å². The highest BCUT2D eigenvalue weighted by atomic mass is 16.5. The molecule has 0 aromatic heterocycles. The Kier molecular flexibility index (Phi) is 1.91. The van der Waals surface area contributed by atoms with Gasteiger partial charge in [0.25, 0.3) is 0 Å². The molecule has 3 rings (SSSR count). The maximum absolute atomic E-state index is 11.4. The normalized spacial score (nSPS) is 43.1. The number of fused-ring (bicyclic) bond motifs is 4. The number of allylic oxidation sites excluding steroid dienone is 1. The van der Waals surface area contributed by atoms with Crippen LogP contribution in [0.4, 0.5) is 0 Å². The van der Waals surface area contributed by atoms with E-state index in [2.05, 4.69) is 13.0 Å². The van der Waals surface area contributed by atoms with E-state index in [0.29, 0.717) is 5.92 Å². The lowest BCUT2D eigenvalue weighted by Gasteiger charge is -2.31. The lowest BCUT2D eigenvalue weighted by Crippen LogP contribution is -2.34. The van der Waals surface area contributed by atoms with Crippen LogP contribution in [0.1, 0.15) is 26.2 Å². The molecule has 0 amide bonds. The summed E-state index contributed by atoms with van der Waals surface area (Å²) in [5.74, 6) is 0.629. The van der Waals surface area contributed by atoms with Crippen molar-refractivity contribution in [1.29, 1.82) is 0 Å². The molecule has 2 aliphatic heterocycles. The van der Waals surface area contributed by atoms with Crippen molar-refractivity contribution in [2.75, 3.05) is 0 Å². The highest BCUT2D eigenvalue weighted by molar-refractivity contribution is 5.74. The van der Waals surface area contributed by atoms with Crippen LogP contribution in [0.5, 0.6) is 0 Å². The van der Waals surface area contributed by atoms with Crippen LogP contribution in [-0.4, -0.2) is 12.1 Å². The first-order chi connectivity index (χ1) is 5.77. The van der Waals surface area contributed by atoms with Gasteiger partial charge in [0.05, 0.1) is 5.92 Å². The fourth-order valence-corrected chi connectivity index (χ4v) is 2.02. The number of rotatable bonds is 0. The second-order valence-electron chi connectivity index (χ2n) is 3.80. The fourth-order valence-electron chi connectivity index (χ4n) is 2.02. The Morgan fingerprint density at radius 2 is 2.33 bits per heavy atom. The lowest BCUT2D eigenvalue weighted by atomic mass is 9.83. The van der Waals surface area contributed by atoms with E-state index in [-0.39, 0.29) is 18.0 Å². The summed E-state index contributed by atoms with van der Waals surface area (Å²) in [6, 6.07) is 0. The molecule has 0 saturated carbocycles. The van der Waals surface area contributed by atoms with Crippen LogP contribution in [-0.2, 0) is 9.53 Å². The zero-order valence-corrected chi connectivity index (χ0v) is 7.32. The average molecular weight is 166 g/mol. The number of carbonyl (C=O) groups is 1. The molecule has 2 bridgehead atoms. The van der Waals surface area contributed by atoms with E-state index in [4.69, 9.17) is 4.74 Å². The Labute approximate surface area is 72.6 Å². The van der Waals surface area contributed by atoms with Crippen LogP contribution in [0, 0.1) is 11.8 Å². The van der Waals surface area contributed by atoms with Gasteiger partial charge in [0.15, 0.2) is 0 Å². The van der Waals surface area contributed by atoms with E-state index in [1.165, 1.54) is 0 Å². The maximum atomic E-state index is 11.4. The lowest BCUT2D eigenvalue weighted by molar-refractivity contribution is -0.160. The van der Waals surface area contributed by atoms with Crippen LogP contribution in [0.3, 0.4) is 0 Å². The van der Waals surface area contributed by atoms with Gasteiger partial charge >= 0.3 is 5.97 Å². The van der Waals surface area contributed by atoms with Gasteiger partial charge in [-0.25, -0.2) is 0 Å². The molecule has 2 nitrogen and oxygen atoms in total. The van der Waals surface area contributed by atoms with Gasteiger partial charge in [-0.05, 0) is 31.3 Å².